The molecule has 2 aliphatic heterocycles. The first-order chi connectivity index (χ1) is 28.8. The van der Waals surface area contributed by atoms with Crippen molar-refractivity contribution in [2.24, 2.45) is 17.3 Å². The monoisotopic (exact) mass is 867 g/mol. The largest absolute Gasteiger partial charge is 0.352 e. The van der Waals surface area contributed by atoms with E-state index in [4.69, 9.17) is 16.6 Å². The van der Waals surface area contributed by atoms with Crippen LogP contribution in [0, 0.1) is 23.1 Å². The van der Waals surface area contributed by atoms with Gasteiger partial charge in [-0.3, -0.25) is 19.2 Å². The number of nitrogens with one attached hydrogen (secondary N) is 3. The van der Waals surface area contributed by atoms with Gasteiger partial charge in [0.2, 0.25) is 17.7 Å². The van der Waals surface area contributed by atoms with E-state index in [0.29, 0.717) is 52.4 Å². The highest BCUT2D eigenvalue weighted by molar-refractivity contribution is 6.31. The molecule has 8 unspecified atom stereocenters. The molecule has 11 nitrogen and oxygen atoms in total. The Morgan fingerprint density at radius 1 is 0.967 bits per heavy atom. The van der Waals surface area contributed by atoms with Gasteiger partial charge in [-0.15, -0.1) is 0 Å². The first-order valence-electron chi connectivity index (χ1n) is 21.7. The van der Waals surface area contributed by atoms with Gasteiger partial charge in [0.25, 0.3) is 0 Å². The second-order valence-electron chi connectivity index (χ2n) is 18.3. The number of alkyl halides is 2. The molecule has 6 rings (SSSR count). The minimum absolute atomic E-state index is 0.0307. The molecule has 3 N–H and O–H groups in total. The van der Waals surface area contributed by atoms with Crippen LogP contribution in [0.25, 0.3) is 33.5 Å². The lowest BCUT2D eigenvalue weighted by molar-refractivity contribution is -0.141. The Bertz CT molecular complexity index is 2250. The number of carbonyl (C=O) groups is 4. The fraction of sp³-hybridized carbons (Fsp3) is 0.587. The van der Waals surface area contributed by atoms with Gasteiger partial charge in [-0.1, -0.05) is 65.6 Å². The second-order valence-corrected chi connectivity index (χ2v) is 18.7. The van der Waals surface area contributed by atoms with Crippen LogP contribution in [0.4, 0.5) is 13.2 Å². The number of fused-ring (bicyclic) bond motifs is 2. The fourth-order valence-corrected chi connectivity index (χ4v) is 9.11. The molecule has 2 aromatic heterocycles. The quantitative estimate of drug-likeness (QED) is 0.105. The third-order valence-corrected chi connectivity index (χ3v) is 13.0. The van der Waals surface area contributed by atoms with Crippen molar-refractivity contribution < 1.29 is 32.3 Å². The van der Waals surface area contributed by atoms with E-state index in [9.17, 15) is 23.6 Å². The van der Waals surface area contributed by atoms with Crippen molar-refractivity contribution in [3.05, 3.63) is 52.8 Å². The molecule has 0 radical (unpaired) electrons. The molecule has 4 aromatic rings. The number of nitrogens with zero attached hydrogens (tertiary/aromatic N) is 4. The van der Waals surface area contributed by atoms with E-state index in [1.807, 2.05) is 45.3 Å². The van der Waals surface area contributed by atoms with Gasteiger partial charge in [0, 0.05) is 65.7 Å². The SMILES string of the molecule is CCCC(CC(=O)C(C)NC)C(=O)N1CC(F)CC1Cc1c(-c2nc3cc(F)ccc3n2CC2CC(F)CN2C(=O)C(NC(=O)C(C)CC)C(C)(C)C)[nH]c2cc(Cl)ccc12. The molecular formula is C46H61ClF3N7O4. The van der Waals surface area contributed by atoms with Crippen molar-refractivity contribution in [2.75, 3.05) is 20.1 Å². The molecule has 0 spiro atoms. The lowest BCUT2D eigenvalue weighted by atomic mass is 9.85. The average molecular weight is 868 g/mol. The predicted molar refractivity (Wildman–Crippen MR) is 233 cm³/mol. The van der Waals surface area contributed by atoms with Crippen LogP contribution in [0.1, 0.15) is 92.6 Å². The summed E-state index contributed by atoms with van der Waals surface area (Å²) in [5, 5.41) is 7.15. The Morgan fingerprint density at radius 3 is 2.28 bits per heavy atom. The van der Waals surface area contributed by atoms with Gasteiger partial charge in [-0.25, -0.2) is 18.2 Å². The number of aromatic amines is 1. The van der Waals surface area contributed by atoms with Crippen LogP contribution in [0.5, 0.6) is 0 Å². The molecule has 2 saturated heterocycles. The number of amides is 3. The molecule has 2 fully saturated rings. The van der Waals surface area contributed by atoms with Gasteiger partial charge in [-0.05, 0) is 68.5 Å². The highest BCUT2D eigenvalue weighted by atomic mass is 35.5. The van der Waals surface area contributed by atoms with Gasteiger partial charge < -0.3 is 30.0 Å². The van der Waals surface area contributed by atoms with E-state index in [2.05, 4.69) is 15.6 Å². The first kappa shape index (κ1) is 46.1. The number of imidazole rings is 1. The number of likely N-dealkylation sites (N-methyl/N-ethyl adjacent to an activating group) is 1. The summed E-state index contributed by atoms with van der Waals surface area (Å²) in [6.45, 7) is 12.8. The normalized spacial score (nSPS) is 21.6. The van der Waals surface area contributed by atoms with Crippen LogP contribution in [0.3, 0.4) is 0 Å². The standard InChI is InChI=1S/C46H61ClF3N7O4/c1-9-11-27(16-39(58)26(4)51-8)44(60)55-22-30(49)18-32(55)21-35-34-14-12-28(47)17-36(34)52-40(35)42-53-37-20-29(48)13-15-38(37)57(42)24-33-19-31(50)23-56(33)45(61)41(46(5,6)7)54-43(59)25(3)10-2/h12-15,17,20,25-27,30-33,41,51-52H,9-11,16,18-19,21-24H2,1-8H3,(H,54,59). The second kappa shape index (κ2) is 18.9. The number of likely N-dealkylation sites (tertiary alicyclic amines) is 2. The summed E-state index contributed by atoms with van der Waals surface area (Å²) in [6.07, 6.45) is -0.447. The molecule has 332 valence electrons. The van der Waals surface area contributed by atoms with E-state index in [0.717, 1.165) is 10.9 Å². The van der Waals surface area contributed by atoms with E-state index in [1.165, 1.54) is 17.0 Å². The molecule has 8 atom stereocenters. The van der Waals surface area contributed by atoms with Crippen LogP contribution >= 0.6 is 11.6 Å². The summed E-state index contributed by atoms with van der Waals surface area (Å²) in [6, 6.07) is 7.06. The summed E-state index contributed by atoms with van der Waals surface area (Å²) in [7, 11) is 1.69. The number of rotatable bonds is 16. The smallest absolute Gasteiger partial charge is 0.246 e. The Kier molecular flexibility index (Phi) is 14.3. The van der Waals surface area contributed by atoms with Crippen LogP contribution in [0.15, 0.2) is 36.4 Å². The Hall–Kier alpha value is -4.43. The topological polar surface area (TPSA) is 132 Å². The number of hydrogen-bond acceptors (Lipinski definition) is 6. The van der Waals surface area contributed by atoms with Crippen molar-refractivity contribution in [2.45, 2.75) is 136 Å². The Morgan fingerprint density at radius 2 is 1.64 bits per heavy atom. The molecule has 4 heterocycles. The zero-order valence-corrected chi connectivity index (χ0v) is 37.3. The van der Waals surface area contributed by atoms with Crippen molar-refractivity contribution in [3.63, 3.8) is 0 Å². The third-order valence-electron chi connectivity index (χ3n) is 12.7. The molecule has 0 saturated carbocycles. The lowest BCUT2D eigenvalue weighted by Gasteiger charge is -2.36. The van der Waals surface area contributed by atoms with E-state index >= 15 is 8.78 Å². The number of halogens is 4. The maximum absolute atomic E-state index is 15.6. The van der Waals surface area contributed by atoms with Crippen LogP contribution in [0.2, 0.25) is 5.02 Å². The Balaban J connectivity index is 1.42. The van der Waals surface area contributed by atoms with E-state index in [-0.39, 0.29) is 74.7 Å². The number of benzene rings is 2. The predicted octanol–water partition coefficient (Wildman–Crippen LogP) is 7.96. The van der Waals surface area contributed by atoms with Gasteiger partial charge >= 0.3 is 0 Å². The van der Waals surface area contributed by atoms with Crippen molar-refractivity contribution in [3.8, 4) is 11.5 Å². The molecular weight excluding hydrogens is 807 g/mol. The van der Waals surface area contributed by atoms with Crippen molar-refractivity contribution in [1.82, 2.24) is 35.0 Å². The molecule has 0 aliphatic carbocycles. The van der Waals surface area contributed by atoms with Crippen LogP contribution in [-0.4, -0.2) is 104 Å². The summed E-state index contributed by atoms with van der Waals surface area (Å²) >= 11 is 6.50. The molecule has 61 heavy (non-hydrogen) atoms. The van der Waals surface area contributed by atoms with Gasteiger partial charge in [0.1, 0.15) is 30.0 Å². The highest BCUT2D eigenvalue weighted by Gasteiger charge is 2.44. The lowest BCUT2D eigenvalue weighted by Crippen LogP contribution is -2.57. The Labute approximate surface area is 361 Å². The van der Waals surface area contributed by atoms with Crippen molar-refractivity contribution in [1.29, 1.82) is 0 Å². The number of carbonyl (C=O) groups excluding carboxylic acids is 4. The van der Waals surface area contributed by atoms with E-state index < -0.39 is 53.7 Å². The van der Waals surface area contributed by atoms with E-state index in [1.54, 1.807) is 44.0 Å². The molecule has 15 heteroatoms. The zero-order chi connectivity index (χ0) is 44.5. The molecule has 0 bridgehead atoms. The third kappa shape index (κ3) is 9.95. The molecule has 2 aromatic carbocycles. The highest BCUT2D eigenvalue weighted by Crippen LogP contribution is 2.38. The molecule has 3 amide bonds. The fourth-order valence-electron chi connectivity index (χ4n) is 8.94. The minimum atomic E-state index is -1.32. The number of H-pyrrole nitrogens is 1. The van der Waals surface area contributed by atoms with Crippen LogP contribution < -0.4 is 10.6 Å². The van der Waals surface area contributed by atoms with Crippen LogP contribution in [-0.2, 0) is 32.1 Å². The number of aromatic nitrogens is 3. The number of Topliss-reactive ketones (excluding diaryl/α,β-unsaturated/α-hetero) is 1. The summed E-state index contributed by atoms with van der Waals surface area (Å²) < 4.78 is 47.8. The summed E-state index contributed by atoms with van der Waals surface area (Å²) in [4.78, 5) is 66.4. The van der Waals surface area contributed by atoms with Gasteiger partial charge in [-0.2, -0.15) is 0 Å². The maximum Gasteiger partial charge on any atom is 0.246 e. The summed E-state index contributed by atoms with van der Waals surface area (Å²) in [5.41, 5.74) is 2.13. The summed E-state index contributed by atoms with van der Waals surface area (Å²) in [5.74, 6) is -2.01. The average Bonchev–Trinajstić information content (AvgIpc) is 3.97. The molecule has 2 aliphatic rings. The maximum atomic E-state index is 15.6. The zero-order valence-electron chi connectivity index (χ0n) is 36.6. The first-order valence-corrected chi connectivity index (χ1v) is 22.1. The number of hydrogen-bond donors (Lipinski definition) is 3. The number of ketones is 1. The van der Waals surface area contributed by atoms with Crippen molar-refractivity contribution >= 4 is 57.0 Å². The minimum Gasteiger partial charge on any atom is -0.352 e. The van der Waals surface area contributed by atoms with Gasteiger partial charge in [0.05, 0.1) is 41.9 Å². The van der Waals surface area contributed by atoms with Gasteiger partial charge in [0.15, 0.2) is 5.82 Å².